The minimum Gasteiger partial charge on any atom is -0.297 e. The minimum atomic E-state index is -4.43. The summed E-state index contributed by atoms with van der Waals surface area (Å²) < 4.78 is 38.8. The number of fused-ring (bicyclic) bond motifs is 1. The van der Waals surface area contributed by atoms with Crippen molar-refractivity contribution in [2.75, 3.05) is 5.32 Å². The van der Waals surface area contributed by atoms with Crippen LogP contribution in [0.5, 0.6) is 0 Å². The van der Waals surface area contributed by atoms with E-state index in [0.717, 1.165) is 44.9 Å². The van der Waals surface area contributed by atoms with E-state index in [9.17, 15) is 18.0 Å². The molecule has 0 aliphatic rings. The fourth-order valence-corrected chi connectivity index (χ4v) is 5.05. The number of carbonyl (C=O) groups excluding carboxylic acids is 1. The summed E-state index contributed by atoms with van der Waals surface area (Å²) >= 11 is 2.43. The molecular weight excluding hydrogens is 433 g/mol. The van der Waals surface area contributed by atoms with Gasteiger partial charge in [-0.1, -0.05) is 12.1 Å². The summed E-state index contributed by atoms with van der Waals surface area (Å²) in [5, 5.41) is 5.52. The van der Waals surface area contributed by atoms with Crippen LogP contribution >= 0.6 is 22.7 Å². The van der Waals surface area contributed by atoms with E-state index in [1.807, 2.05) is 13.8 Å². The standard InChI is InChI=1S/C20H15F3N4OS2/c1-9-15-10(2)24-11(3)25-18(15)30-16(9)17(28)27-19-26-14(8-29-19)12-5-4-6-13(7-12)20(21,22)23/h4-8H,1-3H3,(H,26,27,28). The second-order valence-electron chi connectivity index (χ2n) is 6.66. The van der Waals surface area contributed by atoms with Gasteiger partial charge in [0.25, 0.3) is 5.91 Å². The number of amides is 1. The molecule has 1 aromatic carbocycles. The molecule has 0 spiro atoms. The quantitative estimate of drug-likeness (QED) is 0.417. The molecular formula is C20H15F3N4OS2. The predicted molar refractivity (Wildman–Crippen MR) is 112 cm³/mol. The molecule has 3 aromatic heterocycles. The lowest BCUT2D eigenvalue weighted by atomic mass is 10.1. The van der Waals surface area contributed by atoms with Crippen LogP contribution in [0.4, 0.5) is 18.3 Å². The predicted octanol–water partition coefficient (Wildman–Crippen LogP) is 6.01. The summed E-state index contributed by atoms with van der Waals surface area (Å²) in [6.07, 6.45) is -4.43. The fraction of sp³-hybridized carbons (Fsp3) is 0.200. The number of alkyl halides is 3. The first-order chi connectivity index (χ1) is 14.1. The third kappa shape index (κ3) is 3.80. The van der Waals surface area contributed by atoms with Crippen molar-refractivity contribution < 1.29 is 18.0 Å². The van der Waals surface area contributed by atoms with Gasteiger partial charge in [0, 0.05) is 22.0 Å². The highest BCUT2D eigenvalue weighted by molar-refractivity contribution is 7.21. The number of halogens is 3. The number of carbonyl (C=O) groups is 1. The molecule has 4 rings (SSSR count). The summed E-state index contributed by atoms with van der Waals surface area (Å²) in [4.78, 5) is 27.1. The summed E-state index contributed by atoms with van der Waals surface area (Å²) in [6, 6.07) is 4.94. The summed E-state index contributed by atoms with van der Waals surface area (Å²) in [7, 11) is 0. The number of thiophene rings is 1. The Morgan fingerprint density at radius 1 is 1.10 bits per heavy atom. The molecule has 0 bridgehead atoms. The van der Waals surface area contributed by atoms with Gasteiger partial charge in [-0.15, -0.1) is 22.7 Å². The molecule has 10 heteroatoms. The number of thiazole rings is 1. The Morgan fingerprint density at radius 2 is 1.87 bits per heavy atom. The molecule has 0 aliphatic heterocycles. The Balaban J connectivity index is 1.60. The monoisotopic (exact) mass is 448 g/mol. The van der Waals surface area contributed by atoms with Crippen molar-refractivity contribution in [2.45, 2.75) is 26.9 Å². The zero-order chi connectivity index (χ0) is 21.6. The van der Waals surface area contributed by atoms with Crippen LogP contribution in [0.1, 0.15) is 32.3 Å². The molecule has 1 N–H and O–H groups in total. The molecule has 4 aromatic rings. The summed E-state index contributed by atoms with van der Waals surface area (Å²) in [5.41, 5.74) is 1.56. The average molecular weight is 448 g/mol. The largest absolute Gasteiger partial charge is 0.416 e. The number of rotatable bonds is 3. The number of hydrogen-bond donors (Lipinski definition) is 1. The molecule has 0 radical (unpaired) electrons. The lowest BCUT2D eigenvalue weighted by Crippen LogP contribution is -2.11. The molecule has 154 valence electrons. The highest BCUT2D eigenvalue weighted by Crippen LogP contribution is 2.34. The highest BCUT2D eigenvalue weighted by atomic mass is 32.1. The third-order valence-electron chi connectivity index (χ3n) is 4.50. The van der Waals surface area contributed by atoms with Crippen LogP contribution in [0, 0.1) is 20.8 Å². The van der Waals surface area contributed by atoms with Crippen molar-refractivity contribution in [1.29, 1.82) is 0 Å². The first-order valence-electron chi connectivity index (χ1n) is 8.82. The van der Waals surface area contributed by atoms with Crippen LogP contribution in [0.2, 0.25) is 0 Å². The summed E-state index contributed by atoms with van der Waals surface area (Å²) in [5.74, 6) is 0.302. The molecule has 30 heavy (non-hydrogen) atoms. The smallest absolute Gasteiger partial charge is 0.297 e. The molecule has 0 fully saturated rings. The molecule has 3 heterocycles. The fourth-order valence-electron chi connectivity index (χ4n) is 3.16. The Bertz CT molecular complexity index is 1280. The number of aryl methyl sites for hydroxylation is 3. The highest BCUT2D eigenvalue weighted by Gasteiger charge is 2.30. The maximum absolute atomic E-state index is 12.9. The number of anilines is 1. The average Bonchev–Trinajstić information content (AvgIpc) is 3.25. The minimum absolute atomic E-state index is 0.309. The molecule has 0 unspecified atom stereocenters. The van der Waals surface area contributed by atoms with Crippen molar-refractivity contribution in [3.05, 3.63) is 57.2 Å². The van der Waals surface area contributed by atoms with Crippen LogP contribution in [-0.4, -0.2) is 20.9 Å². The maximum atomic E-state index is 12.9. The first kappa shape index (κ1) is 20.4. The maximum Gasteiger partial charge on any atom is 0.416 e. The first-order valence-corrected chi connectivity index (χ1v) is 10.5. The number of nitrogens with one attached hydrogen (secondary N) is 1. The van der Waals surface area contributed by atoms with Crippen LogP contribution in [-0.2, 0) is 6.18 Å². The van der Waals surface area contributed by atoms with Gasteiger partial charge in [-0.25, -0.2) is 15.0 Å². The van der Waals surface area contributed by atoms with Crippen LogP contribution in [0.3, 0.4) is 0 Å². The van der Waals surface area contributed by atoms with Crippen molar-refractivity contribution in [3.63, 3.8) is 0 Å². The Morgan fingerprint density at radius 3 is 2.60 bits per heavy atom. The van der Waals surface area contributed by atoms with Gasteiger partial charge in [0.2, 0.25) is 0 Å². The number of benzene rings is 1. The van der Waals surface area contributed by atoms with E-state index < -0.39 is 11.7 Å². The van der Waals surface area contributed by atoms with E-state index >= 15 is 0 Å². The van der Waals surface area contributed by atoms with Crippen molar-refractivity contribution in [3.8, 4) is 11.3 Å². The van der Waals surface area contributed by atoms with Crippen molar-refractivity contribution in [2.24, 2.45) is 0 Å². The van der Waals surface area contributed by atoms with Crippen molar-refractivity contribution in [1.82, 2.24) is 15.0 Å². The van der Waals surface area contributed by atoms with E-state index in [2.05, 4.69) is 20.3 Å². The normalized spacial score (nSPS) is 11.8. The van der Waals surface area contributed by atoms with Crippen LogP contribution in [0.15, 0.2) is 29.6 Å². The molecule has 0 atom stereocenters. The Hall–Kier alpha value is -2.85. The molecule has 1 amide bonds. The molecule has 0 aliphatic carbocycles. The lowest BCUT2D eigenvalue weighted by Gasteiger charge is -2.07. The topological polar surface area (TPSA) is 67.8 Å². The molecule has 0 saturated heterocycles. The molecule has 0 saturated carbocycles. The van der Waals surface area contributed by atoms with Gasteiger partial charge in [0.05, 0.1) is 16.1 Å². The van der Waals surface area contributed by atoms with Gasteiger partial charge in [-0.05, 0) is 38.5 Å². The number of aromatic nitrogens is 3. The van der Waals surface area contributed by atoms with Gasteiger partial charge in [0.1, 0.15) is 10.7 Å². The van der Waals surface area contributed by atoms with E-state index in [-0.39, 0.29) is 5.91 Å². The van der Waals surface area contributed by atoms with E-state index in [0.29, 0.717) is 27.1 Å². The lowest BCUT2D eigenvalue weighted by molar-refractivity contribution is -0.137. The van der Waals surface area contributed by atoms with Gasteiger partial charge in [0.15, 0.2) is 5.13 Å². The van der Waals surface area contributed by atoms with Gasteiger partial charge in [-0.2, -0.15) is 13.2 Å². The van der Waals surface area contributed by atoms with Crippen LogP contribution < -0.4 is 5.32 Å². The summed E-state index contributed by atoms with van der Waals surface area (Å²) in [6.45, 7) is 5.52. The van der Waals surface area contributed by atoms with Gasteiger partial charge >= 0.3 is 6.18 Å². The number of hydrogen-bond acceptors (Lipinski definition) is 6. The van der Waals surface area contributed by atoms with Crippen molar-refractivity contribution >= 4 is 43.9 Å². The van der Waals surface area contributed by atoms with E-state index in [4.69, 9.17) is 0 Å². The second-order valence-corrected chi connectivity index (χ2v) is 8.52. The van der Waals surface area contributed by atoms with Gasteiger partial charge < -0.3 is 0 Å². The van der Waals surface area contributed by atoms with Gasteiger partial charge in [-0.3, -0.25) is 10.1 Å². The van der Waals surface area contributed by atoms with Crippen LogP contribution in [0.25, 0.3) is 21.5 Å². The number of nitrogens with zero attached hydrogens (tertiary/aromatic N) is 3. The Kier molecular flexibility index (Phi) is 5.07. The zero-order valence-corrected chi connectivity index (χ0v) is 17.7. The second kappa shape index (κ2) is 7.44. The Labute approximate surface area is 177 Å². The third-order valence-corrected chi connectivity index (χ3v) is 6.44. The zero-order valence-electron chi connectivity index (χ0n) is 16.1. The SMILES string of the molecule is Cc1nc(C)c2c(C)c(C(=O)Nc3nc(-c4cccc(C(F)(F)F)c4)cs3)sc2n1. The van der Waals surface area contributed by atoms with E-state index in [1.165, 1.54) is 17.4 Å². The van der Waals surface area contributed by atoms with E-state index in [1.54, 1.807) is 18.4 Å². The molecule has 5 nitrogen and oxygen atoms in total.